The number of hydrogen-bond donors (Lipinski definition) is 0. The topological polar surface area (TPSA) is 23.8 Å². The van der Waals surface area contributed by atoms with Crippen molar-refractivity contribution in [1.82, 2.24) is 0 Å². The van der Waals surface area contributed by atoms with Crippen LogP contribution < -0.4 is 0 Å². The van der Waals surface area contributed by atoms with Crippen LogP contribution in [0.2, 0.25) is 0 Å². The predicted octanol–water partition coefficient (Wildman–Crippen LogP) is 7.91. The SMILES string of the molecule is CCCCC[C@H]1CC[C@H](/C=C/C2CCC(c3ccc(C#N)c(F)c3)CC2)CC1. The molecule has 0 heterocycles. The van der Waals surface area contributed by atoms with Gasteiger partial charge in [0, 0.05) is 0 Å². The zero-order chi connectivity index (χ0) is 19.8. The van der Waals surface area contributed by atoms with E-state index in [0.717, 1.165) is 30.2 Å². The average Bonchev–Trinajstić information content (AvgIpc) is 2.74. The molecule has 0 unspecified atom stereocenters. The quantitative estimate of drug-likeness (QED) is 0.347. The first-order chi connectivity index (χ1) is 13.7. The maximum atomic E-state index is 13.9. The largest absolute Gasteiger partial charge is 0.206 e. The molecule has 0 spiro atoms. The van der Waals surface area contributed by atoms with E-state index in [1.54, 1.807) is 12.1 Å². The Hall–Kier alpha value is -1.62. The third kappa shape index (κ3) is 5.94. The molecule has 0 bridgehead atoms. The van der Waals surface area contributed by atoms with Gasteiger partial charge in [0.1, 0.15) is 11.9 Å². The standard InChI is InChI=1S/C26H36FN/c1-2-3-4-5-20-6-8-21(9-7-20)10-11-22-12-14-23(15-13-22)24-16-17-25(19-28)26(27)18-24/h10-11,16-18,20-23H,2-9,12-15H2,1H3/b11-10+/t20-,21-,22?,23?. The van der Waals surface area contributed by atoms with Gasteiger partial charge in [-0.05, 0) is 92.7 Å². The van der Waals surface area contributed by atoms with Crippen molar-refractivity contribution in [2.75, 3.05) is 0 Å². The molecular formula is C26H36FN. The first kappa shape index (κ1) is 21.1. The summed E-state index contributed by atoms with van der Waals surface area (Å²) in [6.45, 7) is 2.29. The smallest absolute Gasteiger partial charge is 0.141 e. The molecule has 152 valence electrons. The van der Waals surface area contributed by atoms with Crippen LogP contribution >= 0.6 is 0 Å². The fraction of sp³-hybridized carbons (Fsp3) is 0.654. The van der Waals surface area contributed by atoms with Gasteiger partial charge in [-0.3, -0.25) is 0 Å². The van der Waals surface area contributed by atoms with Crippen LogP contribution in [0.15, 0.2) is 30.4 Å². The van der Waals surface area contributed by atoms with Crippen LogP contribution in [0.4, 0.5) is 4.39 Å². The highest BCUT2D eigenvalue weighted by Gasteiger charge is 2.23. The van der Waals surface area contributed by atoms with Crippen LogP contribution in [0.3, 0.4) is 0 Å². The summed E-state index contributed by atoms with van der Waals surface area (Å²) in [4.78, 5) is 0. The van der Waals surface area contributed by atoms with Gasteiger partial charge in [0.15, 0.2) is 0 Å². The summed E-state index contributed by atoms with van der Waals surface area (Å²) in [5, 5.41) is 8.89. The molecule has 0 atom stereocenters. The van der Waals surface area contributed by atoms with Crippen molar-refractivity contribution in [3.63, 3.8) is 0 Å². The number of unbranched alkanes of at least 4 members (excludes halogenated alkanes) is 2. The van der Waals surface area contributed by atoms with Crippen LogP contribution in [0.1, 0.15) is 101 Å². The molecule has 28 heavy (non-hydrogen) atoms. The molecule has 0 aromatic heterocycles. The van der Waals surface area contributed by atoms with Crippen molar-refractivity contribution < 1.29 is 4.39 Å². The molecule has 1 aromatic carbocycles. The van der Waals surface area contributed by atoms with Crippen LogP contribution in [-0.2, 0) is 0 Å². The fourth-order valence-corrected chi connectivity index (χ4v) is 5.19. The second-order valence-electron chi connectivity index (χ2n) is 9.12. The Bertz CT molecular complexity index is 670. The van der Waals surface area contributed by atoms with E-state index in [0.29, 0.717) is 11.8 Å². The van der Waals surface area contributed by atoms with Crippen LogP contribution in [-0.4, -0.2) is 0 Å². The second kappa shape index (κ2) is 10.8. The zero-order valence-electron chi connectivity index (χ0n) is 17.5. The van der Waals surface area contributed by atoms with Gasteiger partial charge >= 0.3 is 0 Å². The van der Waals surface area contributed by atoms with Crippen molar-refractivity contribution in [3.05, 3.63) is 47.3 Å². The number of rotatable bonds is 7. The summed E-state index contributed by atoms with van der Waals surface area (Å²) in [5.74, 6) is 2.56. The molecular weight excluding hydrogens is 345 g/mol. The van der Waals surface area contributed by atoms with Gasteiger partial charge in [-0.1, -0.05) is 50.8 Å². The minimum Gasteiger partial charge on any atom is -0.206 e. The average molecular weight is 382 g/mol. The summed E-state index contributed by atoms with van der Waals surface area (Å²) in [6, 6.07) is 7.07. The summed E-state index contributed by atoms with van der Waals surface area (Å²) >= 11 is 0. The Kier molecular flexibility index (Phi) is 8.13. The number of allylic oxidation sites excluding steroid dienone is 2. The lowest BCUT2D eigenvalue weighted by Crippen LogP contribution is -2.15. The number of nitrogens with zero attached hydrogens (tertiary/aromatic N) is 1. The summed E-state index contributed by atoms with van der Waals surface area (Å²) in [5.41, 5.74) is 1.22. The first-order valence-electron chi connectivity index (χ1n) is 11.6. The third-order valence-electron chi connectivity index (χ3n) is 7.12. The number of hydrogen-bond acceptors (Lipinski definition) is 1. The Morgan fingerprint density at radius 1 is 0.964 bits per heavy atom. The number of benzene rings is 1. The maximum Gasteiger partial charge on any atom is 0.141 e. The first-order valence-corrected chi connectivity index (χ1v) is 11.6. The maximum absolute atomic E-state index is 13.9. The van der Waals surface area contributed by atoms with E-state index in [2.05, 4.69) is 19.1 Å². The van der Waals surface area contributed by atoms with E-state index in [4.69, 9.17) is 5.26 Å². The molecule has 0 amide bonds. The fourth-order valence-electron chi connectivity index (χ4n) is 5.19. The lowest BCUT2D eigenvalue weighted by molar-refractivity contribution is 0.288. The Balaban J connectivity index is 1.40. The van der Waals surface area contributed by atoms with Crippen LogP contribution in [0, 0.1) is 34.9 Å². The van der Waals surface area contributed by atoms with E-state index in [1.807, 2.05) is 12.1 Å². The molecule has 1 aromatic rings. The molecule has 2 saturated carbocycles. The highest BCUT2D eigenvalue weighted by atomic mass is 19.1. The number of halogens is 1. The second-order valence-corrected chi connectivity index (χ2v) is 9.12. The lowest BCUT2D eigenvalue weighted by atomic mass is 9.76. The summed E-state index contributed by atoms with van der Waals surface area (Å²) in [7, 11) is 0. The van der Waals surface area contributed by atoms with Crippen molar-refractivity contribution in [1.29, 1.82) is 5.26 Å². The molecule has 2 aliphatic rings. The van der Waals surface area contributed by atoms with Gasteiger partial charge in [-0.2, -0.15) is 5.26 Å². The minimum absolute atomic E-state index is 0.153. The van der Waals surface area contributed by atoms with E-state index in [1.165, 1.54) is 64.2 Å². The van der Waals surface area contributed by atoms with Gasteiger partial charge < -0.3 is 0 Å². The van der Waals surface area contributed by atoms with Crippen LogP contribution in [0.5, 0.6) is 0 Å². The van der Waals surface area contributed by atoms with Crippen molar-refractivity contribution in [2.24, 2.45) is 17.8 Å². The number of nitriles is 1. The molecule has 0 N–H and O–H groups in total. The molecule has 0 aliphatic heterocycles. The highest BCUT2D eigenvalue weighted by Crippen LogP contribution is 2.38. The van der Waals surface area contributed by atoms with Gasteiger partial charge in [-0.15, -0.1) is 0 Å². The highest BCUT2D eigenvalue weighted by molar-refractivity contribution is 5.35. The van der Waals surface area contributed by atoms with Gasteiger partial charge in [-0.25, -0.2) is 4.39 Å². The monoisotopic (exact) mass is 381 g/mol. The predicted molar refractivity (Wildman–Crippen MR) is 115 cm³/mol. The Labute approximate surface area is 171 Å². The van der Waals surface area contributed by atoms with Gasteiger partial charge in [0.05, 0.1) is 5.56 Å². The molecule has 0 radical (unpaired) electrons. The molecule has 2 heteroatoms. The Morgan fingerprint density at radius 2 is 1.61 bits per heavy atom. The van der Waals surface area contributed by atoms with E-state index >= 15 is 0 Å². The summed E-state index contributed by atoms with van der Waals surface area (Å²) < 4.78 is 13.9. The molecule has 3 rings (SSSR count). The van der Waals surface area contributed by atoms with E-state index in [-0.39, 0.29) is 11.4 Å². The molecule has 2 aliphatic carbocycles. The zero-order valence-corrected chi connectivity index (χ0v) is 17.5. The molecule has 2 fully saturated rings. The molecule has 1 nitrogen and oxygen atoms in total. The molecule has 0 saturated heterocycles. The normalized spacial score (nSPS) is 28.3. The summed E-state index contributed by atoms with van der Waals surface area (Å²) in [6.07, 6.45) is 20.9. The van der Waals surface area contributed by atoms with Crippen LogP contribution in [0.25, 0.3) is 0 Å². The van der Waals surface area contributed by atoms with Crippen molar-refractivity contribution >= 4 is 0 Å². The van der Waals surface area contributed by atoms with E-state index < -0.39 is 0 Å². The van der Waals surface area contributed by atoms with Crippen molar-refractivity contribution in [3.8, 4) is 6.07 Å². The van der Waals surface area contributed by atoms with Crippen molar-refractivity contribution in [2.45, 2.75) is 89.9 Å². The lowest BCUT2D eigenvalue weighted by Gasteiger charge is -2.29. The van der Waals surface area contributed by atoms with E-state index in [9.17, 15) is 4.39 Å². The van der Waals surface area contributed by atoms with Gasteiger partial charge in [0.25, 0.3) is 0 Å². The Morgan fingerprint density at radius 3 is 2.18 bits per heavy atom. The third-order valence-corrected chi connectivity index (χ3v) is 7.12. The van der Waals surface area contributed by atoms with Gasteiger partial charge in [0.2, 0.25) is 0 Å². The minimum atomic E-state index is -0.368.